The summed E-state index contributed by atoms with van der Waals surface area (Å²) in [6, 6.07) is 12.2. The smallest absolute Gasteiger partial charge is 0.271 e. The van der Waals surface area contributed by atoms with E-state index in [4.69, 9.17) is 0 Å². The molecule has 0 bridgehead atoms. The molecule has 1 aliphatic heterocycles. The van der Waals surface area contributed by atoms with Gasteiger partial charge in [0.1, 0.15) is 0 Å². The fraction of sp³-hybridized carbons (Fsp3) is 0.130. The van der Waals surface area contributed by atoms with E-state index in [0.717, 1.165) is 15.8 Å². The number of aryl methyl sites for hydroxylation is 2. The lowest BCUT2D eigenvalue weighted by Gasteiger charge is -2.06. The van der Waals surface area contributed by atoms with Crippen LogP contribution in [0.2, 0.25) is 0 Å². The van der Waals surface area contributed by atoms with Crippen molar-refractivity contribution in [2.75, 3.05) is 7.05 Å². The van der Waals surface area contributed by atoms with Crippen LogP contribution in [0.1, 0.15) is 11.1 Å². The molecule has 8 heteroatoms. The van der Waals surface area contributed by atoms with Gasteiger partial charge in [-0.05, 0) is 12.1 Å². The number of carbonyl (C=O) groups excluding carboxylic acids is 2. The quantitative estimate of drug-likeness (QED) is 0.292. The standard InChI is InChI=1S/C23H18N4O4/c1-24-11-16(14-6-4-5-7-18(14)24)20-21(23(29)26(3)22(20)28)17-12-25(2)19-10-13(27(30)31)8-9-15(17)19/h4-12H,1-3H3. The fourth-order valence-electron chi connectivity index (χ4n) is 4.37. The summed E-state index contributed by atoms with van der Waals surface area (Å²) in [4.78, 5) is 38.2. The van der Waals surface area contributed by atoms with Gasteiger partial charge in [-0.15, -0.1) is 0 Å². The summed E-state index contributed by atoms with van der Waals surface area (Å²) in [7, 11) is 5.13. The minimum Gasteiger partial charge on any atom is -0.350 e. The number of para-hydroxylation sites is 1. The molecular formula is C23H18N4O4. The number of hydrogen-bond donors (Lipinski definition) is 0. The van der Waals surface area contributed by atoms with Gasteiger partial charge in [0.25, 0.3) is 17.5 Å². The number of nitro benzene ring substituents is 1. The molecule has 2 aromatic heterocycles. The predicted octanol–water partition coefficient (Wildman–Crippen LogP) is 3.49. The van der Waals surface area contributed by atoms with Crippen molar-refractivity contribution >= 4 is 50.5 Å². The van der Waals surface area contributed by atoms with E-state index >= 15 is 0 Å². The summed E-state index contributed by atoms with van der Waals surface area (Å²) in [5.74, 6) is -0.756. The zero-order chi connectivity index (χ0) is 22.0. The van der Waals surface area contributed by atoms with E-state index in [-0.39, 0.29) is 11.6 Å². The number of imide groups is 1. The average molecular weight is 414 g/mol. The number of amides is 2. The Morgan fingerprint density at radius 3 is 1.94 bits per heavy atom. The van der Waals surface area contributed by atoms with Crippen LogP contribution < -0.4 is 0 Å². The van der Waals surface area contributed by atoms with Crippen LogP contribution in [0, 0.1) is 10.1 Å². The largest absolute Gasteiger partial charge is 0.350 e. The molecule has 1 aliphatic rings. The lowest BCUT2D eigenvalue weighted by molar-refractivity contribution is -0.384. The first-order valence-electron chi connectivity index (χ1n) is 9.64. The second-order valence-corrected chi connectivity index (χ2v) is 7.70. The van der Waals surface area contributed by atoms with Crippen LogP contribution in [0.25, 0.3) is 33.0 Å². The van der Waals surface area contributed by atoms with Gasteiger partial charge in [0.15, 0.2) is 0 Å². The Bertz CT molecular complexity index is 1490. The Morgan fingerprint density at radius 2 is 1.32 bits per heavy atom. The van der Waals surface area contributed by atoms with Gasteiger partial charge in [0.05, 0.1) is 21.6 Å². The molecule has 0 fully saturated rings. The lowest BCUT2D eigenvalue weighted by Crippen LogP contribution is -2.26. The van der Waals surface area contributed by atoms with Crippen molar-refractivity contribution in [3.05, 3.63) is 76.1 Å². The molecular weight excluding hydrogens is 396 g/mol. The number of benzene rings is 2. The van der Waals surface area contributed by atoms with Crippen LogP contribution in [-0.2, 0) is 23.7 Å². The summed E-state index contributed by atoms with van der Waals surface area (Å²) in [6.07, 6.45) is 3.61. The van der Waals surface area contributed by atoms with Gasteiger partial charge in [0.2, 0.25) is 0 Å². The second kappa shape index (κ2) is 6.40. The van der Waals surface area contributed by atoms with Gasteiger partial charge in [-0.1, -0.05) is 18.2 Å². The van der Waals surface area contributed by atoms with Crippen LogP contribution in [0.3, 0.4) is 0 Å². The van der Waals surface area contributed by atoms with Gasteiger partial charge in [0, 0.05) is 73.1 Å². The SMILES string of the molecule is CN1C(=O)C(c2cn(C)c3ccccc23)=C(c2cn(C)c3cc([N+](=O)[O-])ccc23)C1=O. The molecule has 2 aromatic carbocycles. The van der Waals surface area contributed by atoms with E-state index < -0.39 is 10.8 Å². The Labute approximate surface area is 176 Å². The van der Waals surface area contributed by atoms with Crippen LogP contribution in [-0.4, -0.2) is 37.8 Å². The minimum absolute atomic E-state index is 0.0329. The van der Waals surface area contributed by atoms with Crippen molar-refractivity contribution in [1.29, 1.82) is 0 Å². The molecule has 0 saturated carbocycles. The molecule has 5 rings (SSSR count). The first-order chi connectivity index (χ1) is 14.8. The minimum atomic E-state index is -0.453. The van der Waals surface area contributed by atoms with Gasteiger partial charge in [-0.3, -0.25) is 24.6 Å². The summed E-state index contributed by atoms with van der Waals surface area (Å²) in [5.41, 5.74) is 3.46. The summed E-state index contributed by atoms with van der Waals surface area (Å²) in [6.45, 7) is 0. The summed E-state index contributed by atoms with van der Waals surface area (Å²) in [5, 5.41) is 12.8. The van der Waals surface area contributed by atoms with Gasteiger partial charge in [-0.25, -0.2) is 0 Å². The van der Waals surface area contributed by atoms with E-state index in [1.807, 2.05) is 42.1 Å². The molecule has 0 N–H and O–H groups in total. The number of rotatable bonds is 3. The van der Waals surface area contributed by atoms with Crippen LogP contribution in [0.4, 0.5) is 5.69 Å². The van der Waals surface area contributed by atoms with Crippen LogP contribution in [0.15, 0.2) is 54.9 Å². The number of non-ortho nitro benzene ring substituents is 1. The highest BCUT2D eigenvalue weighted by molar-refractivity contribution is 6.50. The molecule has 0 atom stereocenters. The highest BCUT2D eigenvalue weighted by Crippen LogP contribution is 2.41. The normalized spacial score (nSPS) is 14.5. The number of aromatic nitrogens is 2. The lowest BCUT2D eigenvalue weighted by atomic mass is 9.95. The molecule has 3 heterocycles. The third-order valence-corrected chi connectivity index (χ3v) is 5.91. The maximum atomic E-state index is 13.2. The van der Waals surface area contributed by atoms with Crippen molar-refractivity contribution in [2.45, 2.75) is 0 Å². The van der Waals surface area contributed by atoms with Gasteiger partial charge >= 0.3 is 0 Å². The Balaban J connectivity index is 1.85. The fourth-order valence-corrected chi connectivity index (χ4v) is 4.37. The van der Waals surface area contributed by atoms with Crippen molar-refractivity contribution in [1.82, 2.24) is 14.0 Å². The molecule has 31 heavy (non-hydrogen) atoms. The molecule has 4 aromatic rings. The summed E-state index contributed by atoms with van der Waals surface area (Å²) < 4.78 is 3.67. The Kier molecular flexibility index (Phi) is 3.88. The third kappa shape index (κ3) is 2.54. The van der Waals surface area contributed by atoms with Crippen molar-refractivity contribution in [3.63, 3.8) is 0 Å². The van der Waals surface area contributed by atoms with E-state index in [1.165, 1.54) is 19.2 Å². The zero-order valence-corrected chi connectivity index (χ0v) is 17.1. The van der Waals surface area contributed by atoms with Crippen LogP contribution in [0.5, 0.6) is 0 Å². The van der Waals surface area contributed by atoms with E-state index in [9.17, 15) is 19.7 Å². The zero-order valence-electron chi connectivity index (χ0n) is 17.1. The molecule has 0 unspecified atom stereocenters. The second-order valence-electron chi connectivity index (χ2n) is 7.70. The first kappa shape index (κ1) is 18.8. The number of nitro groups is 1. The monoisotopic (exact) mass is 414 g/mol. The van der Waals surface area contributed by atoms with E-state index in [2.05, 4.69) is 0 Å². The molecule has 0 saturated heterocycles. The van der Waals surface area contributed by atoms with Crippen molar-refractivity contribution in [3.8, 4) is 0 Å². The average Bonchev–Trinajstić information content (AvgIpc) is 3.34. The Morgan fingerprint density at radius 1 is 0.774 bits per heavy atom. The topological polar surface area (TPSA) is 90.4 Å². The molecule has 0 aliphatic carbocycles. The van der Waals surface area contributed by atoms with Gasteiger partial charge < -0.3 is 9.13 Å². The third-order valence-electron chi connectivity index (χ3n) is 5.91. The molecule has 154 valence electrons. The predicted molar refractivity (Wildman–Crippen MR) is 117 cm³/mol. The van der Waals surface area contributed by atoms with E-state index in [0.29, 0.717) is 33.2 Å². The Hall–Kier alpha value is -4.20. The number of hydrogen-bond acceptors (Lipinski definition) is 4. The number of carbonyl (C=O) groups is 2. The summed E-state index contributed by atoms with van der Waals surface area (Å²) >= 11 is 0. The van der Waals surface area contributed by atoms with E-state index in [1.54, 1.807) is 23.9 Å². The van der Waals surface area contributed by atoms with Crippen molar-refractivity contribution < 1.29 is 14.5 Å². The number of likely N-dealkylation sites (N-methyl/N-ethyl adjacent to an activating group) is 1. The number of fused-ring (bicyclic) bond motifs is 2. The molecule has 0 radical (unpaired) electrons. The maximum Gasteiger partial charge on any atom is 0.271 e. The molecule has 2 amide bonds. The van der Waals surface area contributed by atoms with Gasteiger partial charge in [-0.2, -0.15) is 0 Å². The number of nitrogens with zero attached hydrogens (tertiary/aromatic N) is 4. The highest BCUT2D eigenvalue weighted by atomic mass is 16.6. The van der Waals surface area contributed by atoms with Crippen LogP contribution >= 0.6 is 0 Å². The molecule has 0 spiro atoms. The first-order valence-corrected chi connectivity index (χ1v) is 9.64. The molecule has 8 nitrogen and oxygen atoms in total. The maximum absolute atomic E-state index is 13.2. The van der Waals surface area contributed by atoms with Crippen molar-refractivity contribution in [2.24, 2.45) is 14.1 Å². The highest BCUT2D eigenvalue weighted by Gasteiger charge is 2.39.